The average Bonchev–Trinajstić information content (AvgIpc) is 2.65. The molecule has 1 N–H and O–H groups in total. The molecule has 90 valence electrons. The molecule has 16 heavy (non-hydrogen) atoms. The van der Waals surface area contributed by atoms with E-state index < -0.39 is 0 Å². The molecule has 0 radical (unpaired) electrons. The number of carbonyl (C=O) groups is 1. The molecule has 0 saturated carbocycles. The molecule has 0 aromatic carbocycles. The molecule has 5 nitrogen and oxygen atoms in total. The summed E-state index contributed by atoms with van der Waals surface area (Å²) in [6.45, 7) is 7.21. The fraction of sp³-hybridized carbons (Fsp3) is 0.667. The number of carbonyl (C=O) groups excluding carboxylic acids is 1. The van der Waals surface area contributed by atoms with Crippen molar-refractivity contribution in [3.63, 3.8) is 0 Å². The van der Waals surface area contributed by atoms with Gasteiger partial charge in [-0.05, 0) is 36.7 Å². The first kappa shape index (κ1) is 13.4. The van der Waals surface area contributed by atoms with Crippen molar-refractivity contribution < 1.29 is 4.79 Å². The Morgan fingerprint density at radius 1 is 1.50 bits per heavy atom. The highest BCUT2D eigenvalue weighted by molar-refractivity contribution is 9.11. The van der Waals surface area contributed by atoms with E-state index in [2.05, 4.69) is 31.4 Å². The van der Waals surface area contributed by atoms with E-state index in [0.29, 0.717) is 9.05 Å². The number of hydrogen-bond donors (Lipinski definition) is 1. The zero-order chi connectivity index (χ0) is 12.1. The van der Waals surface area contributed by atoms with Gasteiger partial charge in [0.15, 0.2) is 3.92 Å². The molecule has 1 rings (SSSR count). The number of hydrogen-bond acceptors (Lipinski definition) is 5. The molecule has 0 aliphatic heterocycles. The summed E-state index contributed by atoms with van der Waals surface area (Å²) in [6, 6.07) is -0.278. The average molecular weight is 307 g/mol. The van der Waals surface area contributed by atoms with Crippen LogP contribution in [0.15, 0.2) is 3.92 Å². The van der Waals surface area contributed by atoms with E-state index in [-0.39, 0.29) is 11.9 Å². The molecule has 7 heteroatoms. The topological polar surface area (TPSA) is 58.1 Å². The van der Waals surface area contributed by atoms with Gasteiger partial charge in [0.05, 0.1) is 0 Å². The van der Waals surface area contributed by atoms with Gasteiger partial charge in [0.25, 0.3) is 0 Å². The van der Waals surface area contributed by atoms with Crippen molar-refractivity contribution in [3.05, 3.63) is 3.92 Å². The summed E-state index contributed by atoms with van der Waals surface area (Å²) in [5.74, 6) is 0.0799. The number of halogens is 1. The molecule has 0 aliphatic carbocycles. The second-order valence-electron chi connectivity index (χ2n) is 3.24. The van der Waals surface area contributed by atoms with Crippen molar-refractivity contribution >= 4 is 38.3 Å². The van der Waals surface area contributed by atoms with Crippen molar-refractivity contribution in [2.75, 3.05) is 18.4 Å². The summed E-state index contributed by atoms with van der Waals surface area (Å²) in [7, 11) is 0. The van der Waals surface area contributed by atoms with Gasteiger partial charge < -0.3 is 10.2 Å². The van der Waals surface area contributed by atoms with Crippen LogP contribution in [0.1, 0.15) is 20.8 Å². The molecule has 1 atom stereocenters. The minimum atomic E-state index is -0.278. The van der Waals surface area contributed by atoms with Crippen LogP contribution in [0.2, 0.25) is 0 Å². The number of nitrogens with one attached hydrogen (secondary N) is 1. The van der Waals surface area contributed by atoms with Gasteiger partial charge in [0.1, 0.15) is 6.04 Å². The van der Waals surface area contributed by atoms with E-state index in [9.17, 15) is 4.79 Å². The van der Waals surface area contributed by atoms with Gasteiger partial charge in [0, 0.05) is 13.1 Å². The Labute approximate surface area is 107 Å². The van der Waals surface area contributed by atoms with Crippen molar-refractivity contribution in [2.45, 2.75) is 26.8 Å². The third kappa shape index (κ3) is 3.41. The van der Waals surface area contributed by atoms with Crippen LogP contribution in [0.4, 0.5) is 5.13 Å². The van der Waals surface area contributed by atoms with Crippen molar-refractivity contribution in [3.8, 4) is 0 Å². The van der Waals surface area contributed by atoms with Crippen LogP contribution in [0.25, 0.3) is 0 Å². The monoisotopic (exact) mass is 306 g/mol. The predicted molar refractivity (Wildman–Crippen MR) is 68.6 cm³/mol. The molecule has 0 fully saturated rings. The molecule has 1 heterocycles. The van der Waals surface area contributed by atoms with Crippen LogP contribution >= 0.6 is 27.3 Å². The van der Waals surface area contributed by atoms with E-state index in [1.807, 2.05) is 20.8 Å². The molecule has 0 aliphatic rings. The lowest BCUT2D eigenvalue weighted by molar-refractivity contribution is -0.131. The molecule has 1 aromatic rings. The Morgan fingerprint density at radius 3 is 2.56 bits per heavy atom. The zero-order valence-corrected chi connectivity index (χ0v) is 11.9. The Kier molecular flexibility index (Phi) is 5.14. The summed E-state index contributed by atoms with van der Waals surface area (Å²) in [5, 5.41) is 11.4. The SMILES string of the molecule is CCN(CC)C(=O)C(C)Nc1nnc(Br)s1. The maximum Gasteiger partial charge on any atom is 0.244 e. The van der Waals surface area contributed by atoms with Gasteiger partial charge in [-0.3, -0.25) is 4.79 Å². The first-order valence-corrected chi connectivity index (χ1v) is 6.73. The second-order valence-corrected chi connectivity index (χ2v) is 5.49. The highest BCUT2D eigenvalue weighted by Gasteiger charge is 2.18. The minimum absolute atomic E-state index is 0.0799. The van der Waals surface area contributed by atoms with Crippen LogP contribution in [-0.2, 0) is 4.79 Å². The van der Waals surface area contributed by atoms with Crippen LogP contribution in [0.5, 0.6) is 0 Å². The van der Waals surface area contributed by atoms with E-state index >= 15 is 0 Å². The molecule has 1 unspecified atom stereocenters. The molecule has 1 amide bonds. The third-order valence-electron chi connectivity index (χ3n) is 2.19. The van der Waals surface area contributed by atoms with Gasteiger partial charge in [-0.25, -0.2) is 0 Å². The van der Waals surface area contributed by atoms with Gasteiger partial charge >= 0.3 is 0 Å². The van der Waals surface area contributed by atoms with Gasteiger partial charge in [0.2, 0.25) is 11.0 Å². The van der Waals surface area contributed by atoms with Gasteiger partial charge in [-0.1, -0.05) is 11.3 Å². The van der Waals surface area contributed by atoms with Gasteiger partial charge in [-0.2, -0.15) is 0 Å². The lowest BCUT2D eigenvalue weighted by Gasteiger charge is -2.22. The van der Waals surface area contributed by atoms with E-state index in [4.69, 9.17) is 0 Å². The first-order valence-electron chi connectivity index (χ1n) is 5.12. The molecule has 0 saturated heterocycles. The van der Waals surface area contributed by atoms with Crippen molar-refractivity contribution in [1.29, 1.82) is 0 Å². The second kappa shape index (κ2) is 6.15. The molecule has 1 aromatic heterocycles. The van der Waals surface area contributed by atoms with Crippen molar-refractivity contribution in [2.24, 2.45) is 0 Å². The quantitative estimate of drug-likeness (QED) is 0.903. The molecular weight excluding hydrogens is 292 g/mol. The van der Waals surface area contributed by atoms with Gasteiger partial charge in [-0.15, -0.1) is 10.2 Å². The summed E-state index contributed by atoms with van der Waals surface area (Å²) in [4.78, 5) is 13.7. The fourth-order valence-corrected chi connectivity index (χ4v) is 2.42. The normalized spacial score (nSPS) is 12.2. The van der Waals surface area contributed by atoms with Crippen LogP contribution < -0.4 is 5.32 Å². The summed E-state index contributed by atoms with van der Waals surface area (Å²) < 4.78 is 0.706. The third-order valence-corrected chi connectivity index (χ3v) is 3.47. The van der Waals surface area contributed by atoms with E-state index in [1.165, 1.54) is 11.3 Å². The number of likely N-dealkylation sites (N-methyl/N-ethyl adjacent to an activating group) is 1. The number of nitrogens with zero attached hydrogens (tertiary/aromatic N) is 3. The Bertz CT molecular complexity index is 353. The summed E-state index contributed by atoms with van der Waals surface area (Å²) in [5.41, 5.74) is 0. The lowest BCUT2D eigenvalue weighted by atomic mass is 10.3. The number of aromatic nitrogens is 2. The predicted octanol–water partition coefficient (Wildman–Crippen LogP) is 1.97. The maximum atomic E-state index is 11.9. The highest BCUT2D eigenvalue weighted by atomic mass is 79.9. The minimum Gasteiger partial charge on any atom is -0.349 e. The van der Waals surface area contributed by atoms with E-state index in [0.717, 1.165) is 13.1 Å². The van der Waals surface area contributed by atoms with Crippen molar-refractivity contribution in [1.82, 2.24) is 15.1 Å². The molecule has 0 spiro atoms. The Morgan fingerprint density at radius 2 is 2.12 bits per heavy atom. The van der Waals surface area contributed by atoms with Crippen LogP contribution in [0.3, 0.4) is 0 Å². The maximum absolute atomic E-state index is 11.9. The van der Waals surface area contributed by atoms with Crippen LogP contribution in [0, 0.1) is 0 Å². The first-order chi connectivity index (χ1) is 7.58. The zero-order valence-electron chi connectivity index (χ0n) is 9.53. The number of amides is 1. The van der Waals surface area contributed by atoms with E-state index in [1.54, 1.807) is 4.90 Å². The number of rotatable bonds is 5. The molecule has 0 bridgehead atoms. The molecular formula is C9H15BrN4OS. The summed E-state index contributed by atoms with van der Waals surface area (Å²) in [6.07, 6.45) is 0. The highest BCUT2D eigenvalue weighted by Crippen LogP contribution is 2.20. The smallest absolute Gasteiger partial charge is 0.244 e. The Balaban J connectivity index is 2.57. The largest absolute Gasteiger partial charge is 0.349 e. The lowest BCUT2D eigenvalue weighted by Crippen LogP contribution is -2.41. The summed E-state index contributed by atoms with van der Waals surface area (Å²) >= 11 is 4.60. The Hall–Kier alpha value is -0.690. The number of anilines is 1. The van der Waals surface area contributed by atoms with Crippen LogP contribution in [-0.4, -0.2) is 40.1 Å². The standard InChI is InChI=1S/C9H15BrN4OS/c1-4-14(5-2)7(15)6(3)11-9-13-12-8(10)16-9/h6H,4-5H2,1-3H3,(H,11,13). The fourth-order valence-electron chi connectivity index (χ4n) is 1.32.